The van der Waals surface area contributed by atoms with Gasteiger partial charge in [0.1, 0.15) is 17.7 Å². The monoisotopic (exact) mass is 585 g/mol. The minimum Gasteiger partial charge on any atom is -0.494 e. The average Bonchev–Trinajstić information content (AvgIpc) is 3.29. The average molecular weight is 586 g/mol. The maximum Gasteiger partial charge on any atom is 0.416 e. The first-order valence-corrected chi connectivity index (χ1v) is 12.9. The number of azide groups is 1. The predicted molar refractivity (Wildman–Crippen MR) is 146 cm³/mol. The quantitative estimate of drug-likeness (QED) is 0.0939. The molecular formula is C29H27F4N5O4. The number of aliphatic hydroxyl groups is 1. The first kappa shape index (κ1) is 30.4. The summed E-state index contributed by atoms with van der Waals surface area (Å²) in [5, 5.41) is 15.2. The highest BCUT2D eigenvalue weighted by Gasteiger charge is 2.50. The van der Waals surface area contributed by atoms with E-state index in [-0.39, 0.29) is 30.2 Å². The Balaban J connectivity index is 1.67. The van der Waals surface area contributed by atoms with Crippen LogP contribution in [0.5, 0.6) is 5.75 Å². The number of aliphatic imine (C=N–C) groups is 1. The van der Waals surface area contributed by atoms with Crippen molar-refractivity contribution >= 4 is 17.5 Å². The number of nitrogens with zero attached hydrogens (tertiary/aromatic N) is 4. The summed E-state index contributed by atoms with van der Waals surface area (Å²) in [6, 6.07) is 15.4. The SMILES string of the molecule is C[C@H]1OC(c2ccc(OCCCO)cc2)=N[C@@]1(Cc1ccccc1N=[N+]=[N-])C(=O)NCc1cc(F)cc(C(F)(F)F)c1. The molecule has 0 radical (unpaired) electrons. The summed E-state index contributed by atoms with van der Waals surface area (Å²) in [5.41, 5.74) is 7.43. The third kappa shape index (κ3) is 6.99. The Bertz CT molecular complexity index is 1510. The van der Waals surface area contributed by atoms with Crippen molar-refractivity contribution in [1.82, 2.24) is 5.32 Å². The van der Waals surface area contributed by atoms with E-state index in [2.05, 4.69) is 20.3 Å². The number of hydrogen-bond acceptors (Lipinski definition) is 6. The lowest BCUT2D eigenvalue weighted by molar-refractivity contribution is -0.137. The number of amides is 1. The molecule has 0 unspecified atom stereocenters. The van der Waals surface area contributed by atoms with E-state index in [0.717, 1.165) is 12.1 Å². The number of ether oxygens (including phenoxy) is 2. The summed E-state index contributed by atoms with van der Waals surface area (Å²) >= 11 is 0. The van der Waals surface area contributed by atoms with Crippen LogP contribution in [0.15, 0.2) is 76.8 Å². The number of nitrogens with one attached hydrogen (secondary N) is 1. The number of hydrogen-bond donors (Lipinski definition) is 2. The van der Waals surface area contributed by atoms with Gasteiger partial charge in [-0.15, -0.1) is 0 Å². The predicted octanol–water partition coefficient (Wildman–Crippen LogP) is 6.01. The lowest BCUT2D eigenvalue weighted by Gasteiger charge is -2.28. The molecule has 42 heavy (non-hydrogen) atoms. The fourth-order valence-electron chi connectivity index (χ4n) is 4.49. The summed E-state index contributed by atoms with van der Waals surface area (Å²) in [4.78, 5) is 21.3. The van der Waals surface area contributed by atoms with Crippen LogP contribution >= 0.6 is 0 Å². The lowest BCUT2D eigenvalue weighted by Crippen LogP contribution is -2.52. The first-order chi connectivity index (χ1) is 20.1. The molecule has 1 aliphatic heterocycles. The van der Waals surface area contributed by atoms with E-state index < -0.39 is 41.7 Å². The number of rotatable bonds is 11. The Kier molecular flexibility index (Phi) is 9.34. The molecule has 3 aromatic carbocycles. The zero-order valence-electron chi connectivity index (χ0n) is 22.4. The van der Waals surface area contributed by atoms with Crippen LogP contribution in [0.3, 0.4) is 0 Å². The maximum atomic E-state index is 14.0. The highest BCUT2D eigenvalue weighted by Crippen LogP contribution is 2.36. The second kappa shape index (κ2) is 12.9. The minimum absolute atomic E-state index is 0.00369. The van der Waals surface area contributed by atoms with Crippen molar-refractivity contribution in [2.24, 2.45) is 10.1 Å². The molecule has 220 valence electrons. The topological polar surface area (TPSA) is 129 Å². The molecule has 0 spiro atoms. The second-order valence-electron chi connectivity index (χ2n) is 9.57. The summed E-state index contributed by atoms with van der Waals surface area (Å²) in [6.07, 6.45) is -5.22. The molecule has 1 amide bonds. The number of carbonyl (C=O) groups is 1. The third-order valence-corrected chi connectivity index (χ3v) is 6.67. The van der Waals surface area contributed by atoms with Crippen LogP contribution < -0.4 is 10.1 Å². The van der Waals surface area contributed by atoms with Gasteiger partial charge in [0, 0.05) is 42.2 Å². The largest absolute Gasteiger partial charge is 0.494 e. The van der Waals surface area contributed by atoms with E-state index >= 15 is 0 Å². The summed E-state index contributed by atoms with van der Waals surface area (Å²) in [7, 11) is 0. The van der Waals surface area contributed by atoms with Crippen LogP contribution in [0.25, 0.3) is 10.4 Å². The molecule has 0 aliphatic carbocycles. The Morgan fingerprint density at radius 1 is 1.19 bits per heavy atom. The molecule has 13 heteroatoms. The zero-order chi connectivity index (χ0) is 30.3. The van der Waals surface area contributed by atoms with E-state index in [1.807, 2.05) is 0 Å². The fourth-order valence-corrected chi connectivity index (χ4v) is 4.49. The van der Waals surface area contributed by atoms with Crippen molar-refractivity contribution < 1.29 is 36.9 Å². The van der Waals surface area contributed by atoms with Crippen molar-refractivity contribution in [3.8, 4) is 5.75 Å². The van der Waals surface area contributed by atoms with Gasteiger partial charge in [-0.3, -0.25) is 4.79 Å². The minimum atomic E-state index is -4.76. The summed E-state index contributed by atoms with van der Waals surface area (Å²) in [6.45, 7) is 1.55. The normalized spacial score (nSPS) is 18.0. The van der Waals surface area contributed by atoms with Gasteiger partial charge in [0.15, 0.2) is 5.54 Å². The van der Waals surface area contributed by atoms with Gasteiger partial charge in [-0.2, -0.15) is 13.2 Å². The molecule has 2 N–H and O–H groups in total. The fraction of sp³-hybridized carbons (Fsp3) is 0.310. The van der Waals surface area contributed by atoms with E-state index in [4.69, 9.17) is 20.1 Å². The van der Waals surface area contributed by atoms with E-state index in [1.165, 1.54) is 0 Å². The number of aliphatic hydroxyl groups excluding tert-OH is 1. The van der Waals surface area contributed by atoms with Gasteiger partial charge in [-0.05, 0) is 66.0 Å². The second-order valence-corrected chi connectivity index (χ2v) is 9.57. The van der Waals surface area contributed by atoms with E-state index in [9.17, 15) is 22.4 Å². The van der Waals surface area contributed by atoms with Gasteiger partial charge in [-0.25, -0.2) is 9.38 Å². The Hall–Kier alpha value is -4.61. The van der Waals surface area contributed by atoms with E-state index in [1.54, 1.807) is 55.5 Å². The molecule has 4 rings (SSSR count). The molecule has 0 saturated heterocycles. The molecule has 9 nitrogen and oxygen atoms in total. The zero-order valence-corrected chi connectivity index (χ0v) is 22.4. The van der Waals surface area contributed by atoms with Crippen LogP contribution in [-0.2, 0) is 28.7 Å². The number of benzene rings is 3. The third-order valence-electron chi connectivity index (χ3n) is 6.67. The molecule has 2 atom stereocenters. The maximum absolute atomic E-state index is 14.0. The number of carbonyl (C=O) groups excluding carboxylic acids is 1. The van der Waals surface area contributed by atoms with Crippen LogP contribution in [-0.4, -0.2) is 41.8 Å². The van der Waals surface area contributed by atoms with Crippen LogP contribution in [0.4, 0.5) is 23.2 Å². The van der Waals surface area contributed by atoms with Gasteiger partial charge in [0.25, 0.3) is 5.91 Å². The first-order valence-electron chi connectivity index (χ1n) is 12.9. The molecular weight excluding hydrogens is 558 g/mol. The van der Waals surface area contributed by atoms with Gasteiger partial charge in [0.2, 0.25) is 5.90 Å². The summed E-state index contributed by atoms with van der Waals surface area (Å²) in [5.74, 6) is -1.07. The molecule has 1 heterocycles. The molecule has 0 saturated carbocycles. The van der Waals surface area contributed by atoms with Crippen molar-refractivity contribution in [3.63, 3.8) is 0 Å². The molecule has 0 aromatic heterocycles. The van der Waals surface area contributed by atoms with Crippen LogP contribution in [0, 0.1) is 5.82 Å². The number of alkyl halides is 3. The molecule has 0 bridgehead atoms. The van der Waals surface area contributed by atoms with Crippen molar-refractivity contribution in [2.45, 2.75) is 44.1 Å². The van der Waals surface area contributed by atoms with E-state index in [0.29, 0.717) is 36.0 Å². The Morgan fingerprint density at radius 2 is 1.93 bits per heavy atom. The van der Waals surface area contributed by atoms with Gasteiger partial charge >= 0.3 is 6.18 Å². The van der Waals surface area contributed by atoms with Crippen molar-refractivity contribution in [1.29, 1.82) is 0 Å². The molecule has 3 aromatic rings. The lowest BCUT2D eigenvalue weighted by atomic mass is 9.85. The van der Waals surface area contributed by atoms with Crippen molar-refractivity contribution in [2.75, 3.05) is 13.2 Å². The van der Waals surface area contributed by atoms with Crippen molar-refractivity contribution in [3.05, 3.63) is 105 Å². The highest BCUT2D eigenvalue weighted by molar-refractivity contribution is 6.01. The highest BCUT2D eigenvalue weighted by atomic mass is 19.4. The van der Waals surface area contributed by atoms with Crippen LogP contribution in [0.2, 0.25) is 0 Å². The smallest absolute Gasteiger partial charge is 0.416 e. The number of halogens is 4. The molecule has 0 fully saturated rings. The Morgan fingerprint density at radius 3 is 2.62 bits per heavy atom. The van der Waals surface area contributed by atoms with Crippen LogP contribution in [0.1, 0.15) is 35.6 Å². The Labute approximate surface area is 238 Å². The van der Waals surface area contributed by atoms with Gasteiger partial charge in [-0.1, -0.05) is 29.4 Å². The summed E-state index contributed by atoms with van der Waals surface area (Å²) < 4.78 is 65.2. The van der Waals surface area contributed by atoms with Gasteiger partial charge < -0.3 is 19.9 Å². The standard InChI is InChI=1S/C29H27F4N5O4/c1-18-28(16-21-5-2-3-6-25(21)37-38-34,27(40)35-17-19-13-22(29(31,32)33)15-23(30)14-19)36-26(42-18)20-7-9-24(10-8-20)41-12-4-11-39/h2-3,5-10,13-15,18,39H,4,11-12,16-17H2,1H3,(H,35,40)/t18-,28-/m1/s1. The molecule has 1 aliphatic rings. The van der Waals surface area contributed by atoms with Gasteiger partial charge in [0.05, 0.1) is 12.2 Å².